The summed E-state index contributed by atoms with van der Waals surface area (Å²) >= 11 is 0. The summed E-state index contributed by atoms with van der Waals surface area (Å²) in [6, 6.07) is 0.826. The molecule has 0 spiro atoms. The highest BCUT2D eigenvalue weighted by atomic mass is 19.1. The topological polar surface area (TPSA) is 25.8 Å². The van der Waals surface area contributed by atoms with Crippen LogP contribution >= 0.6 is 0 Å². The summed E-state index contributed by atoms with van der Waals surface area (Å²) in [6.07, 6.45) is 2.79. The summed E-state index contributed by atoms with van der Waals surface area (Å²) in [5, 5.41) is 0. The van der Waals surface area contributed by atoms with Crippen LogP contribution in [0, 0.1) is 18.6 Å². The molecular weight excluding hydrogens is 174 g/mol. The molecule has 0 fully saturated rings. The molecule has 1 aromatic carbocycles. The maximum absolute atomic E-state index is 13.1. The van der Waals surface area contributed by atoms with E-state index in [1.54, 1.807) is 6.92 Å². The molecule has 4 heteroatoms. The highest BCUT2D eigenvalue weighted by Crippen LogP contribution is 2.19. The zero-order valence-corrected chi connectivity index (χ0v) is 6.88. The van der Waals surface area contributed by atoms with Crippen molar-refractivity contribution >= 4 is 11.0 Å². The van der Waals surface area contributed by atoms with Gasteiger partial charge in [-0.05, 0) is 6.92 Å². The van der Waals surface area contributed by atoms with Crippen molar-refractivity contribution in [1.29, 1.82) is 0 Å². The van der Waals surface area contributed by atoms with E-state index in [9.17, 15) is 8.78 Å². The van der Waals surface area contributed by atoms with Crippen LogP contribution in [-0.4, -0.2) is 9.97 Å². The molecule has 13 heavy (non-hydrogen) atoms. The highest BCUT2D eigenvalue weighted by molar-refractivity contribution is 5.78. The van der Waals surface area contributed by atoms with Gasteiger partial charge in [-0.25, -0.2) is 13.8 Å². The van der Waals surface area contributed by atoms with Gasteiger partial charge < -0.3 is 0 Å². The van der Waals surface area contributed by atoms with Gasteiger partial charge in [0.1, 0.15) is 11.3 Å². The quantitative estimate of drug-likeness (QED) is 0.621. The Morgan fingerprint density at radius 2 is 1.62 bits per heavy atom. The molecule has 0 saturated heterocycles. The van der Waals surface area contributed by atoms with E-state index in [1.165, 1.54) is 12.4 Å². The Labute approximate surface area is 73.2 Å². The normalized spacial score (nSPS) is 10.7. The van der Waals surface area contributed by atoms with Gasteiger partial charge in [-0.3, -0.25) is 4.98 Å². The number of rotatable bonds is 0. The first-order valence-electron chi connectivity index (χ1n) is 3.75. The predicted octanol–water partition coefficient (Wildman–Crippen LogP) is 2.22. The second-order valence-corrected chi connectivity index (χ2v) is 2.72. The van der Waals surface area contributed by atoms with E-state index in [4.69, 9.17) is 0 Å². The summed E-state index contributed by atoms with van der Waals surface area (Å²) in [5.41, 5.74) is 0.714. The smallest absolute Gasteiger partial charge is 0.153 e. The van der Waals surface area contributed by atoms with Crippen LogP contribution in [0.1, 0.15) is 5.56 Å². The van der Waals surface area contributed by atoms with Gasteiger partial charge in [0.25, 0.3) is 0 Å². The van der Waals surface area contributed by atoms with Crippen LogP contribution < -0.4 is 0 Å². The SMILES string of the molecule is Cc1c(F)cc(F)c2nccnc12. The third-order valence-corrected chi connectivity index (χ3v) is 1.89. The second kappa shape index (κ2) is 2.73. The molecule has 0 aliphatic rings. The largest absolute Gasteiger partial charge is 0.253 e. The molecular formula is C9H6F2N2. The van der Waals surface area contributed by atoms with Gasteiger partial charge in [-0.1, -0.05) is 0 Å². The third kappa shape index (κ3) is 1.14. The van der Waals surface area contributed by atoms with Crippen LogP contribution in [0.5, 0.6) is 0 Å². The molecule has 0 amide bonds. The standard InChI is InChI=1S/C9H6F2N2/c1-5-6(10)4-7(11)9-8(5)12-2-3-13-9/h2-4H,1H3. The van der Waals surface area contributed by atoms with E-state index >= 15 is 0 Å². The molecule has 0 unspecified atom stereocenters. The first-order chi connectivity index (χ1) is 6.20. The van der Waals surface area contributed by atoms with Crippen molar-refractivity contribution in [3.05, 3.63) is 35.7 Å². The van der Waals surface area contributed by atoms with Gasteiger partial charge >= 0.3 is 0 Å². The van der Waals surface area contributed by atoms with Crippen molar-refractivity contribution in [2.24, 2.45) is 0 Å². The molecule has 2 aromatic rings. The Hall–Kier alpha value is -1.58. The monoisotopic (exact) mass is 180 g/mol. The lowest BCUT2D eigenvalue weighted by atomic mass is 10.2. The Kier molecular flexibility index (Phi) is 1.69. The van der Waals surface area contributed by atoms with E-state index in [2.05, 4.69) is 9.97 Å². The molecule has 2 nitrogen and oxygen atoms in total. The van der Waals surface area contributed by atoms with Gasteiger partial charge in [0, 0.05) is 24.0 Å². The van der Waals surface area contributed by atoms with Crippen LogP contribution in [0.3, 0.4) is 0 Å². The van der Waals surface area contributed by atoms with Crippen molar-refractivity contribution in [2.45, 2.75) is 6.92 Å². The van der Waals surface area contributed by atoms with Crippen LogP contribution in [0.15, 0.2) is 18.5 Å². The zero-order valence-electron chi connectivity index (χ0n) is 6.88. The lowest BCUT2D eigenvalue weighted by molar-refractivity contribution is 0.584. The van der Waals surface area contributed by atoms with E-state index in [-0.39, 0.29) is 11.0 Å². The molecule has 66 valence electrons. The van der Waals surface area contributed by atoms with Crippen molar-refractivity contribution < 1.29 is 8.78 Å². The van der Waals surface area contributed by atoms with Crippen molar-refractivity contribution in [2.75, 3.05) is 0 Å². The van der Waals surface area contributed by atoms with E-state index < -0.39 is 11.6 Å². The Morgan fingerprint density at radius 1 is 1.00 bits per heavy atom. The average molecular weight is 180 g/mol. The number of aromatic nitrogens is 2. The van der Waals surface area contributed by atoms with Crippen LogP contribution in [0.2, 0.25) is 0 Å². The van der Waals surface area contributed by atoms with Gasteiger partial charge in [0.05, 0.1) is 5.52 Å². The number of fused-ring (bicyclic) bond motifs is 1. The molecule has 0 aliphatic heterocycles. The molecule has 2 rings (SSSR count). The molecule has 0 N–H and O–H groups in total. The maximum atomic E-state index is 13.1. The van der Waals surface area contributed by atoms with Crippen LogP contribution in [0.4, 0.5) is 8.78 Å². The fraction of sp³-hybridized carbons (Fsp3) is 0.111. The number of nitrogens with zero attached hydrogens (tertiary/aromatic N) is 2. The van der Waals surface area contributed by atoms with Crippen molar-refractivity contribution in [1.82, 2.24) is 9.97 Å². The number of benzene rings is 1. The average Bonchev–Trinajstić information content (AvgIpc) is 2.15. The zero-order chi connectivity index (χ0) is 9.42. The van der Waals surface area contributed by atoms with Crippen molar-refractivity contribution in [3.8, 4) is 0 Å². The number of halogens is 2. The van der Waals surface area contributed by atoms with Crippen molar-refractivity contribution in [3.63, 3.8) is 0 Å². The minimum absolute atomic E-state index is 0.112. The first-order valence-corrected chi connectivity index (χ1v) is 3.75. The maximum Gasteiger partial charge on any atom is 0.153 e. The Morgan fingerprint density at radius 3 is 2.31 bits per heavy atom. The lowest BCUT2D eigenvalue weighted by Gasteiger charge is -2.01. The summed E-state index contributed by atoms with van der Waals surface area (Å²) < 4.78 is 26.1. The highest BCUT2D eigenvalue weighted by Gasteiger charge is 2.09. The molecule has 0 radical (unpaired) electrons. The fourth-order valence-electron chi connectivity index (χ4n) is 1.19. The summed E-state index contributed by atoms with van der Waals surface area (Å²) in [6.45, 7) is 1.55. The first kappa shape index (κ1) is 8.04. The predicted molar refractivity (Wildman–Crippen MR) is 44.2 cm³/mol. The van der Waals surface area contributed by atoms with Crippen LogP contribution in [-0.2, 0) is 0 Å². The van der Waals surface area contributed by atoms with Gasteiger partial charge in [-0.15, -0.1) is 0 Å². The van der Waals surface area contributed by atoms with E-state index in [1.807, 2.05) is 0 Å². The fourth-order valence-corrected chi connectivity index (χ4v) is 1.19. The Bertz CT molecular complexity index is 468. The number of aryl methyl sites for hydroxylation is 1. The number of hydrogen-bond acceptors (Lipinski definition) is 2. The molecule has 0 aliphatic carbocycles. The van der Waals surface area contributed by atoms with Gasteiger partial charge in [0.2, 0.25) is 0 Å². The lowest BCUT2D eigenvalue weighted by Crippen LogP contribution is -1.93. The summed E-state index contributed by atoms with van der Waals surface area (Å²) in [5.74, 6) is -1.27. The molecule has 1 heterocycles. The minimum Gasteiger partial charge on any atom is -0.253 e. The second-order valence-electron chi connectivity index (χ2n) is 2.72. The molecule has 0 saturated carbocycles. The Balaban J connectivity index is 2.97. The minimum atomic E-state index is -0.675. The molecule has 0 atom stereocenters. The molecule has 1 aromatic heterocycles. The van der Waals surface area contributed by atoms with Gasteiger partial charge in [0.15, 0.2) is 5.82 Å². The summed E-state index contributed by atoms with van der Waals surface area (Å²) in [7, 11) is 0. The number of hydrogen-bond donors (Lipinski definition) is 0. The summed E-state index contributed by atoms with van der Waals surface area (Å²) in [4.78, 5) is 7.64. The van der Waals surface area contributed by atoms with E-state index in [0.717, 1.165) is 6.07 Å². The van der Waals surface area contributed by atoms with Crippen LogP contribution in [0.25, 0.3) is 11.0 Å². The van der Waals surface area contributed by atoms with Gasteiger partial charge in [-0.2, -0.15) is 0 Å². The van der Waals surface area contributed by atoms with E-state index in [0.29, 0.717) is 5.56 Å². The third-order valence-electron chi connectivity index (χ3n) is 1.89. The molecule has 0 bridgehead atoms.